The van der Waals surface area contributed by atoms with Crippen LogP contribution in [0.5, 0.6) is 0 Å². The third-order valence-electron chi connectivity index (χ3n) is 3.75. The van der Waals surface area contributed by atoms with E-state index in [1.165, 1.54) is 61.5 Å². The SMILES string of the molecule is C1CCSC2=C(SCC1)SC(=C1SC3=C(SCCCCCS3)S1)S2. The molecule has 24 heavy (non-hydrogen) atoms. The lowest BCUT2D eigenvalue weighted by Gasteiger charge is -2.05. The third-order valence-corrected chi connectivity index (χ3v) is 15.7. The molecule has 4 heterocycles. The van der Waals surface area contributed by atoms with Crippen LogP contribution in [0, 0.1) is 0 Å². The summed E-state index contributed by atoms with van der Waals surface area (Å²) in [5.41, 5.74) is 0. The molecule has 0 aromatic carbocycles. The Hall–Kier alpha value is 2.02. The smallest absolute Gasteiger partial charge is 0.0717 e. The summed E-state index contributed by atoms with van der Waals surface area (Å²) in [7, 11) is 0. The second kappa shape index (κ2) is 9.99. The molecule has 4 aliphatic rings. The minimum absolute atomic E-state index is 1.30. The van der Waals surface area contributed by atoms with Gasteiger partial charge in [0.05, 0.1) is 25.4 Å². The number of hydrogen-bond donors (Lipinski definition) is 0. The first-order chi connectivity index (χ1) is 11.9. The predicted octanol–water partition coefficient (Wildman–Crippen LogP) is 8.63. The molecule has 0 amide bonds. The molecule has 0 aliphatic carbocycles. The van der Waals surface area contributed by atoms with Crippen molar-refractivity contribution >= 4 is 94.1 Å². The second-order valence-electron chi connectivity index (χ2n) is 5.65. The van der Waals surface area contributed by atoms with E-state index < -0.39 is 0 Å². The molecule has 0 aromatic heterocycles. The molecule has 0 nitrogen and oxygen atoms in total. The van der Waals surface area contributed by atoms with Crippen molar-refractivity contribution in [1.29, 1.82) is 0 Å². The van der Waals surface area contributed by atoms with Crippen LogP contribution in [0.3, 0.4) is 0 Å². The molecule has 132 valence electrons. The highest BCUT2D eigenvalue weighted by molar-refractivity contribution is 8.45. The van der Waals surface area contributed by atoms with Crippen molar-refractivity contribution in [3.63, 3.8) is 0 Å². The summed E-state index contributed by atoms with van der Waals surface area (Å²) in [6.45, 7) is 0. The van der Waals surface area contributed by atoms with Crippen LogP contribution in [0.15, 0.2) is 25.4 Å². The van der Waals surface area contributed by atoms with Gasteiger partial charge in [0, 0.05) is 0 Å². The minimum Gasteiger partial charge on any atom is -0.117 e. The lowest BCUT2D eigenvalue weighted by molar-refractivity contribution is 0.787. The van der Waals surface area contributed by atoms with Gasteiger partial charge in [-0.05, 0) is 48.7 Å². The monoisotopic (exact) mass is 468 g/mol. The molecule has 0 spiro atoms. The van der Waals surface area contributed by atoms with E-state index in [1.807, 2.05) is 0 Å². The molecule has 0 N–H and O–H groups in total. The van der Waals surface area contributed by atoms with Crippen molar-refractivity contribution in [1.82, 2.24) is 0 Å². The normalized spacial score (nSPS) is 27.0. The van der Waals surface area contributed by atoms with E-state index in [0.717, 1.165) is 0 Å². The van der Waals surface area contributed by atoms with E-state index in [9.17, 15) is 0 Å². The first-order valence-electron chi connectivity index (χ1n) is 8.35. The Kier molecular flexibility index (Phi) is 8.05. The highest BCUT2D eigenvalue weighted by atomic mass is 32.3. The summed E-state index contributed by atoms with van der Waals surface area (Å²) in [6, 6.07) is 0. The second-order valence-corrected chi connectivity index (χ2v) is 15.7. The van der Waals surface area contributed by atoms with Crippen molar-refractivity contribution in [3.8, 4) is 0 Å². The van der Waals surface area contributed by atoms with Gasteiger partial charge < -0.3 is 0 Å². The van der Waals surface area contributed by atoms with Crippen molar-refractivity contribution < 1.29 is 0 Å². The highest BCUT2D eigenvalue weighted by Crippen LogP contribution is 2.66. The van der Waals surface area contributed by atoms with Crippen LogP contribution < -0.4 is 0 Å². The van der Waals surface area contributed by atoms with Crippen molar-refractivity contribution in [2.45, 2.75) is 38.5 Å². The number of rotatable bonds is 0. The minimum atomic E-state index is 1.30. The molecule has 8 heteroatoms. The Labute approximate surface area is 179 Å². The quantitative estimate of drug-likeness (QED) is 0.342. The molecule has 0 radical (unpaired) electrons. The zero-order valence-electron chi connectivity index (χ0n) is 13.3. The van der Waals surface area contributed by atoms with Crippen LogP contribution in [0.2, 0.25) is 0 Å². The van der Waals surface area contributed by atoms with Crippen molar-refractivity contribution in [3.05, 3.63) is 25.4 Å². The molecule has 0 unspecified atom stereocenters. The molecular weight excluding hydrogens is 449 g/mol. The molecule has 0 bridgehead atoms. The first kappa shape index (κ1) is 19.3. The van der Waals surface area contributed by atoms with E-state index in [0.29, 0.717) is 0 Å². The zero-order valence-corrected chi connectivity index (χ0v) is 19.9. The Bertz CT molecular complexity index is 483. The van der Waals surface area contributed by atoms with Gasteiger partial charge in [-0.1, -0.05) is 59.9 Å². The Balaban J connectivity index is 1.45. The van der Waals surface area contributed by atoms with Crippen molar-refractivity contribution in [2.24, 2.45) is 0 Å². The van der Waals surface area contributed by atoms with Gasteiger partial charge in [0.2, 0.25) is 0 Å². The Morgan fingerprint density at radius 3 is 0.917 bits per heavy atom. The summed E-state index contributed by atoms with van der Waals surface area (Å²) in [4.78, 5) is 0. The van der Waals surface area contributed by atoms with Gasteiger partial charge in [0.25, 0.3) is 0 Å². The number of hydrogen-bond acceptors (Lipinski definition) is 8. The van der Waals surface area contributed by atoms with Crippen LogP contribution in [-0.2, 0) is 0 Å². The molecule has 0 saturated carbocycles. The van der Waals surface area contributed by atoms with Crippen LogP contribution >= 0.6 is 94.1 Å². The van der Waals surface area contributed by atoms with Gasteiger partial charge in [-0.15, -0.1) is 47.0 Å². The fourth-order valence-corrected chi connectivity index (χ4v) is 14.8. The fraction of sp³-hybridized carbons (Fsp3) is 0.625. The van der Waals surface area contributed by atoms with Crippen LogP contribution in [0.4, 0.5) is 0 Å². The highest BCUT2D eigenvalue weighted by Gasteiger charge is 2.31. The largest absolute Gasteiger partial charge is 0.117 e. The third kappa shape index (κ3) is 5.09. The lowest BCUT2D eigenvalue weighted by atomic mass is 10.3. The zero-order chi connectivity index (χ0) is 16.2. The standard InChI is InChI=1S/C16H20S8/c1-3-7-17-11-12(18-8-4-1)22-15(21-11)16-23-13-14(24-16)20-10-6-2-5-9-19-13/h1-10H2. The van der Waals surface area contributed by atoms with Gasteiger partial charge in [0.15, 0.2) is 0 Å². The van der Waals surface area contributed by atoms with Crippen LogP contribution in [-0.4, -0.2) is 23.0 Å². The van der Waals surface area contributed by atoms with Gasteiger partial charge in [-0.3, -0.25) is 0 Å². The predicted molar refractivity (Wildman–Crippen MR) is 129 cm³/mol. The van der Waals surface area contributed by atoms with E-state index in [4.69, 9.17) is 0 Å². The van der Waals surface area contributed by atoms with E-state index in [-0.39, 0.29) is 0 Å². The van der Waals surface area contributed by atoms with Gasteiger partial charge in [-0.25, -0.2) is 0 Å². The Morgan fingerprint density at radius 2 is 0.625 bits per heavy atom. The van der Waals surface area contributed by atoms with E-state index in [2.05, 4.69) is 94.1 Å². The molecule has 0 aromatic rings. The molecule has 4 rings (SSSR count). The molecule has 0 atom stereocenters. The van der Waals surface area contributed by atoms with E-state index in [1.54, 1.807) is 25.4 Å². The van der Waals surface area contributed by atoms with E-state index >= 15 is 0 Å². The van der Waals surface area contributed by atoms with Crippen LogP contribution in [0.1, 0.15) is 38.5 Å². The maximum atomic E-state index is 2.10. The first-order valence-corrected chi connectivity index (χ1v) is 15.6. The summed E-state index contributed by atoms with van der Waals surface area (Å²) >= 11 is 16.7. The Morgan fingerprint density at radius 1 is 0.333 bits per heavy atom. The average molecular weight is 469 g/mol. The summed E-state index contributed by atoms with van der Waals surface area (Å²) < 4.78 is 9.47. The molecule has 0 fully saturated rings. The summed E-state index contributed by atoms with van der Waals surface area (Å²) in [6.07, 6.45) is 8.33. The summed E-state index contributed by atoms with van der Waals surface area (Å²) in [5.74, 6) is 5.21. The van der Waals surface area contributed by atoms with Crippen LogP contribution in [0.25, 0.3) is 0 Å². The van der Waals surface area contributed by atoms with Gasteiger partial charge in [-0.2, -0.15) is 0 Å². The average Bonchev–Trinajstić information content (AvgIpc) is 3.19. The maximum Gasteiger partial charge on any atom is 0.0717 e. The molecular formula is C16H20S8. The molecule has 0 saturated heterocycles. The molecule has 4 aliphatic heterocycles. The summed E-state index contributed by atoms with van der Waals surface area (Å²) in [5, 5.41) is 0. The number of thioether (sulfide) groups is 8. The maximum absolute atomic E-state index is 2.10. The lowest BCUT2D eigenvalue weighted by Crippen LogP contribution is -1.82. The van der Waals surface area contributed by atoms with Gasteiger partial charge in [0.1, 0.15) is 0 Å². The fourth-order valence-electron chi connectivity index (χ4n) is 2.49. The van der Waals surface area contributed by atoms with Crippen molar-refractivity contribution in [2.75, 3.05) is 23.0 Å². The topological polar surface area (TPSA) is 0 Å². The van der Waals surface area contributed by atoms with Gasteiger partial charge >= 0.3 is 0 Å².